The molecule has 1 aliphatic rings. The quantitative estimate of drug-likeness (QED) is 0.510. The van der Waals surface area contributed by atoms with Gasteiger partial charge in [-0.15, -0.1) is 0 Å². The average molecular weight is 424 g/mol. The van der Waals surface area contributed by atoms with Crippen molar-refractivity contribution in [2.45, 2.75) is 31.2 Å². The number of primary amides is 1. The number of hydrogen-bond acceptors (Lipinski definition) is 6. The highest BCUT2D eigenvalue weighted by Crippen LogP contribution is 2.30. The predicted octanol–water partition coefficient (Wildman–Crippen LogP) is 0.112. The van der Waals surface area contributed by atoms with Gasteiger partial charge in [0.1, 0.15) is 18.0 Å². The van der Waals surface area contributed by atoms with E-state index in [-0.39, 0.29) is 25.0 Å². The minimum Gasteiger partial charge on any atom is -0.482 e. The summed E-state index contributed by atoms with van der Waals surface area (Å²) in [6, 6.07) is 6.65. The second-order valence-corrected chi connectivity index (χ2v) is 6.62. The monoisotopic (exact) mass is 423 g/mol. The Balaban J connectivity index is 2.14. The molecule has 1 aromatic rings. The molecule has 0 spiro atoms. The van der Waals surface area contributed by atoms with Crippen molar-refractivity contribution < 1.29 is 24.5 Å². The van der Waals surface area contributed by atoms with Crippen molar-refractivity contribution in [1.82, 2.24) is 5.32 Å². The van der Waals surface area contributed by atoms with E-state index < -0.39 is 30.1 Å². The van der Waals surface area contributed by atoms with E-state index in [4.69, 9.17) is 15.7 Å². The van der Waals surface area contributed by atoms with Crippen LogP contribution in [0.25, 0.3) is 0 Å². The summed E-state index contributed by atoms with van der Waals surface area (Å²) in [5, 5.41) is 31.6. The number of nitriles is 1. The molecule has 138 valence electrons. The lowest BCUT2D eigenvalue weighted by atomic mass is 9.91. The number of aliphatic hydroxyl groups is 2. The van der Waals surface area contributed by atoms with E-state index in [1.807, 2.05) is 6.07 Å². The van der Waals surface area contributed by atoms with E-state index in [0.717, 1.165) is 0 Å². The summed E-state index contributed by atoms with van der Waals surface area (Å²) in [5.74, 6) is -0.651. The Kier molecular flexibility index (Phi) is 6.74. The molecule has 26 heavy (non-hydrogen) atoms. The Hall–Kier alpha value is -2.41. The Bertz CT molecular complexity index is 774. The van der Waals surface area contributed by atoms with Gasteiger partial charge in [0.15, 0.2) is 0 Å². The fourth-order valence-electron chi connectivity index (χ4n) is 2.43. The number of ether oxygens (including phenoxy) is 1. The van der Waals surface area contributed by atoms with E-state index in [1.165, 1.54) is 6.08 Å². The van der Waals surface area contributed by atoms with Gasteiger partial charge < -0.3 is 26.0 Å². The molecule has 3 unspecified atom stereocenters. The van der Waals surface area contributed by atoms with Crippen molar-refractivity contribution in [3.8, 4) is 11.8 Å². The lowest BCUT2D eigenvalue weighted by Crippen LogP contribution is -2.45. The molecule has 5 N–H and O–H groups in total. The summed E-state index contributed by atoms with van der Waals surface area (Å²) >= 11 is 3.28. The number of halogens is 1. The number of amides is 2. The molecule has 0 radical (unpaired) electrons. The topological polar surface area (TPSA) is 146 Å². The first kappa shape index (κ1) is 19.9. The van der Waals surface area contributed by atoms with E-state index in [0.29, 0.717) is 15.8 Å². The van der Waals surface area contributed by atoms with E-state index in [1.54, 1.807) is 18.2 Å². The summed E-state index contributed by atoms with van der Waals surface area (Å²) in [7, 11) is 0. The third-order valence-electron chi connectivity index (χ3n) is 3.80. The molecule has 2 amide bonds. The largest absolute Gasteiger partial charge is 0.482 e. The van der Waals surface area contributed by atoms with Crippen molar-refractivity contribution in [2.75, 3.05) is 6.54 Å². The maximum atomic E-state index is 12.2. The number of aliphatic hydroxyl groups excluding tert-OH is 2. The minimum absolute atomic E-state index is 0.00230. The maximum Gasteiger partial charge on any atom is 0.247 e. The highest BCUT2D eigenvalue weighted by atomic mass is 79.9. The van der Waals surface area contributed by atoms with Gasteiger partial charge in [0.05, 0.1) is 22.2 Å². The Morgan fingerprint density at radius 2 is 2.15 bits per heavy atom. The summed E-state index contributed by atoms with van der Waals surface area (Å²) in [4.78, 5) is 22.9. The highest BCUT2D eigenvalue weighted by molar-refractivity contribution is 9.10. The molecule has 0 aromatic heterocycles. The first-order valence-corrected chi connectivity index (χ1v) is 8.60. The van der Waals surface area contributed by atoms with Gasteiger partial charge in [0.2, 0.25) is 11.8 Å². The van der Waals surface area contributed by atoms with Gasteiger partial charge in [0.25, 0.3) is 0 Å². The van der Waals surface area contributed by atoms with Crippen LogP contribution in [0.2, 0.25) is 0 Å². The van der Waals surface area contributed by atoms with Gasteiger partial charge in [-0.25, -0.2) is 0 Å². The van der Waals surface area contributed by atoms with Gasteiger partial charge in [-0.3, -0.25) is 9.59 Å². The number of nitrogens with two attached hydrogens (primary N) is 1. The fourth-order valence-corrected chi connectivity index (χ4v) is 2.90. The van der Waals surface area contributed by atoms with Crippen molar-refractivity contribution in [3.63, 3.8) is 0 Å². The number of carbonyl (C=O) groups is 2. The normalized spacial score (nSPS) is 22.1. The van der Waals surface area contributed by atoms with Crippen LogP contribution in [0.3, 0.4) is 0 Å². The van der Waals surface area contributed by atoms with Gasteiger partial charge in [-0.05, 0) is 40.2 Å². The molecular weight excluding hydrogens is 406 g/mol. The van der Waals surface area contributed by atoms with E-state index in [9.17, 15) is 19.8 Å². The maximum absolute atomic E-state index is 12.2. The summed E-state index contributed by atoms with van der Waals surface area (Å²) in [6.45, 7) is 0.0802. The zero-order valence-corrected chi connectivity index (χ0v) is 15.3. The Labute approximate surface area is 158 Å². The molecule has 0 heterocycles. The Morgan fingerprint density at radius 1 is 1.42 bits per heavy atom. The van der Waals surface area contributed by atoms with Crippen LogP contribution in [-0.2, 0) is 9.59 Å². The van der Waals surface area contributed by atoms with E-state index in [2.05, 4.69) is 21.2 Å². The molecular formula is C17H18BrN3O5. The van der Waals surface area contributed by atoms with Crippen LogP contribution < -0.4 is 15.8 Å². The molecule has 0 saturated heterocycles. The number of carbonyl (C=O) groups excluding carboxylic acids is 2. The second kappa shape index (κ2) is 8.80. The first-order valence-electron chi connectivity index (χ1n) is 7.81. The van der Waals surface area contributed by atoms with Gasteiger partial charge >= 0.3 is 0 Å². The number of rotatable bonds is 6. The molecule has 0 aliphatic heterocycles. The van der Waals surface area contributed by atoms with E-state index >= 15 is 0 Å². The SMILES string of the molecule is N#Cc1ccc(OC2C=C(C(=O)NCCC(N)=O)CC(O)C2O)c(Br)c1. The zero-order valence-electron chi connectivity index (χ0n) is 13.7. The molecule has 1 aliphatic carbocycles. The molecule has 0 bridgehead atoms. The lowest BCUT2D eigenvalue weighted by Gasteiger charge is -2.31. The van der Waals surface area contributed by atoms with Crippen LogP contribution in [0.15, 0.2) is 34.3 Å². The standard InChI is InChI=1S/C17H18BrN3O5/c18-11-5-9(8-19)1-2-13(11)26-14-7-10(6-12(22)16(14)24)17(25)21-4-3-15(20)23/h1-2,5,7,12,14,16,22,24H,3-4,6H2,(H2,20,23)(H,21,25). The Morgan fingerprint density at radius 3 is 2.77 bits per heavy atom. The van der Waals surface area contributed by atoms with Crippen LogP contribution in [-0.4, -0.2) is 46.9 Å². The van der Waals surface area contributed by atoms with Crippen LogP contribution in [0, 0.1) is 11.3 Å². The van der Waals surface area contributed by atoms with Crippen molar-refractivity contribution >= 4 is 27.7 Å². The molecule has 1 aromatic carbocycles. The van der Waals surface area contributed by atoms with Crippen molar-refractivity contribution in [1.29, 1.82) is 5.26 Å². The highest BCUT2D eigenvalue weighted by Gasteiger charge is 2.34. The van der Waals surface area contributed by atoms with Gasteiger partial charge in [0, 0.05) is 25.0 Å². The number of nitrogens with one attached hydrogen (secondary N) is 1. The third-order valence-corrected chi connectivity index (χ3v) is 4.42. The number of hydrogen-bond donors (Lipinski definition) is 4. The molecule has 9 heteroatoms. The minimum atomic E-state index is -1.22. The van der Waals surface area contributed by atoms with Crippen molar-refractivity contribution in [3.05, 3.63) is 39.9 Å². The molecule has 3 atom stereocenters. The number of nitrogens with zero attached hydrogens (tertiary/aromatic N) is 1. The van der Waals surface area contributed by atoms with Crippen LogP contribution in [0.4, 0.5) is 0 Å². The molecule has 2 rings (SSSR count). The van der Waals surface area contributed by atoms with Gasteiger partial charge in [-0.2, -0.15) is 5.26 Å². The predicted molar refractivity (Wildman–Crippen MR) is 94.8 cm³/mol. The first-order chi connectivity index (χ1) is 12.3. The zero-order chi connectivity index (χ0) is 19.3. The molecule has 8 nitrogen and oxygen atoms in total. The summed E-state index contributed by atoms with van der Waals surface area (Å²) in [6.07, 6.45) is -1.97. The van der Waals surface area contributed by atoms with Gasteiger partial charge in [-0.1, -0.05) is 0 Å². The van der Waals surface area contributed by atoms with Crippen LogP contribution in [0.1, 0.15) is 18.4 Å². The summed E-state index contributed by atoms with van der Waals surface area (Å²) in [5.41, 5.74) is 5.68. The lowest BCUT2D eigenvalue weighted by molar-refractivity contribution is -0.119. The van der Waals surface area contributed by atoms with Crippen LogP contribution in [0.5, 0.6) is 5.75 Å². The number of benzene rings is 1. The molecule has 0 fully saturated rings. The van der Waals surface area contributed by atoms with Crippen molar-refractivity contribution in [2.24, 2.45) is 5.73 Å². The average Bonchev–Trinajstić information content (AvgIpc) is 2.59. The smallest absolute Gasteiger partial charge is 0.247 e. The second-order valence-electron chi connectivity index (χ2n) is 5.77. The molecule has 0 saturated carbocycles. The van der Waals surface area contributed by atoms with Crippen LogP contribution >= 0.6 is 15.9 Å². The summed E-state index contributed by atoms with van der Waals surface area (Å²) < 4.78 is 6.20. The fraction of sp³-hybridized carbons (Fsp3) is 0.353. The third kappa shape index (κ3) is 5.05.